The van der Waals surface area contributed by atoms with E-state index in [0.717, 1.165) is 6.07 Å². The smallest absolute Gasteiger partial charge is 0.288 e. The highest BCUT2D eigenvalue weighted by Crippen LogP contribution is 2.25. The first kappa shape index (κ1) is 21.8. The van der Waals surface area contributed by atoms with Crippen LogP contribution in [0.3, 0.4) is 0 Å². The van der Waals surface area contributed by atoms with Crippen LogP contribution in [-0.2, 0) is 4.79 Å². The van der Waals surface area contributed by atoms with Gasteiger partial charge >= 0.3 is 0 Å². The van der Waals surface area contributed by atoms with Crippen molar-refractivity contribution in [1.82, 2.24) is 16.2 Å². The molecule has 1 unspecified atom stereocenters. The van der Waals surface area contributed by atoms with E-state index >= 15 is 0 Å². The number of hydrazine groups is 1. The third-order valence-corrected chi connectivity index (χ3v) is 4.30. The van der Waals surface area contributed by atoms with Crippen molar-refractivity contribution in [2.24, 2.45) is 5.92 Å². The van der Waals surface area contributed by atoms with Gasteiger partial charge in [-0.3, -0.25) is 35.3 Å². The molecule has 1 atom stereocenters. The van der Waals surface area contributed by atoms with Crippen molar-refractivity contribution < 1.29 is 19.3 Å². The normalized spacial score (nSPS) is 11.4. The van der Waals surface area contributed by atoms with Gasteiger partial charge in [0.05, 0.1) is 4.92 Å². The molecule has 3 amide bonds. The molecule has 3 N–H and O–H groups in total. The summed E-state index contributed by atoms with van der Waals surface area (Å²) in [5, 5.41) is 13.4. The number of nitrogens with one attached hydrogen (secondary N) is 3. The molecule has 0 spiro atoms. The second-order valence-corrected chi connectivity index (χ2v) is 6.84. The van der Waals surface area contributed by atoms with Crippen LogP contribution in [-0.4, -0.2) is 28.7 Å². The summed E-state index contributed by atoms with van der Waals surface area (Å²) in [5.41, 5.74) is 4.47. The molecule has 152 valence electrons. The summed E-state index contributed by atoms with van der Waals surface area (Å²) in [4.78, 5) is 47.2. The average Bonchev–Trinajstić information content (AvgIpc) is 2.70. The zero-order valence-corrected chi connectivity index (χ0v) is 16.4. The summed E-state index contributed by atoms with van der Waals surface area (Å²) in [7, 11) is 0. The van der Waals surface area contributed by atoms with Crippen molar-refractivity contribution >= 4 is 35.0 Å². The fourth-order valence-electron chi connectivity index (χ4n) is 2.41. The van der Waals surface area contributed by atoms with Crippen LogP contribution in [0.5, 0.6) is 0 Å². The first-order chi connectivity index (χ1) is 13.7. The van der Waals surface area contributed by atoms with E-state index in [9.17, 15) is 24.5 Å². The standard InChI is InChI=1S/C19H19ClN4O5/c1-11(2)16(19(27)23-22-18(26)12-6-4-3-5-7-12)21-17(25)13-8-9-14(20)15(10-13)24(28)29/h3-11,16H,1-2H3,(H,21,25)(H,22,26)(H,23,27). The van der Waals surface area contributed by atoms with Crippen molar-refractivity contribution in [3.05, 3.63) is 74.8 Å². The molecular formula is C19H19ClN4O5. The second kappa shape index (κ2) is 9.65. The first-order valence-electron chi connectivity index (χ1n) is 8.60. The SMILES string of the molecule is CC(C)C(NC(=O)c1ccc(Cl)c([N+](=O)[O-])c1)C(=O)NNC(=O)c1ccccc1. The van der Waals surface area contributed by atoms with Crippen LogP contribution in [0, 0.1) is 16.0 Å². The molecule has 9 nitrogen and oxygen atoms in total. The van der Waals surface area contributed by atoms with Gasteiger partial charge in [-0.2, -0.15) is 0 Å². The van der Waals surface area contributed by atoms with Crippen LogP contribution < -0.4 is 16.2 Å². The van der Waals surface area contributed by atoms with Gasteiger partial charge in [0.15, 0.2) is 0 Å². The Morgan fingerprint density at radius 3 is 2.21 bits per heavy atom. The minimum absolute atomic E-state index is 0.0205. The lowest BCUT2D eigenvalue weighted by atomic mass is 10.0. The molecule has 2 aromatic rings. The highest BCUT2D eigenvalue weighted by Gasteiger charge is 2.26. The second-order valence-electron chi connectivity index (χ2n) is 6.43. The lowest BCUT2D eigenvalue weighted by Gasteiger charge is -2.22. The number of nitro groups is 1. The van der Waals surface area contributed by atoms with Crippen LogP contribution in [0.2, 0.25) is 5.02 Å². The van der Waals surface area contributed by atoms with Gasteiger partial charge in [0.25, 0.3) is 23.4 Å². The minimum atomic E-state index is -0.992. The number of hydrogen-bond donors (Lipinski definition) is 3. The molecule has 2 aromatic carbocycles. The maximum Gasteiger partial charge on any atom is 0.288 e. The number of nitrogens with zero attached hydrogens (tertiary/aromatic N) is 1. The molecule has 10 heteroatoms. The summed E-state index contributed by atoms with van der Waals surface area (Å²) in [6.07, 6.45) is 0. The van der Waals surface area contributed by atoms with E-state index in [1.165, 1.54) is 12.1 Å². The molecule has 0 radical (unpaired) electrons. The molecule has 0 fully saturated rings. The number of carbonyl (C=O) groups is 3. The number of amides is 3. The largest absolute Gasteiger partial charge is 0.340 e. The maximum atomic E-state index is 12.5. The summed E-state index contributed by atoms with van der Waals surface area (Å²) < 4.78 is 0. The third-order valence-electron chi connectivity index (χ3n) is 3.98. The number of rotatable bonds is 6. The quantitative estimate of drug-likeness (QED) is 0.490. The Hall–Kier alpha value is -3.46. The summed E-state index contributed by atoms with van der Waals surface area (Å²) >= 11 is 5.75. The van der Waals surface area contributed by atoms with Crippen molar-refractivity contribution in [2.45, 2.75) is 19.9 Å². The fraction of sp³-hybridized carbons (Fsp3) is 0.211. The van der Waals surface area contributed by atoms with Gasteiger partial charge in [-0.15, -0.1) is 0 Å². The summed E-state index contributed by atoms with van der Waals surface area (Å²) in [5.74, 6) is -2.16. The van der Waals surface area contributed by atoms with Crippen molar-refractivity contribution in [3.8, 4) is 0 Å². The number of benzene rings is 2. The summed E-state index contributed by atoms with van der Waals surface area (Å²) in [6, 6.07) is 10.9. The van der Waals surface area contributed by atoms with Crippen LogP contribution >= 0.6 is 11.6 Å². The van der Waals surface area contributed by atoms with Gasteiger partial charge in [0, 0.05) is 17.2 Å². The maximum absolute atomic E-state index is 12.5. The van der Waals surface area contributed by atoms with Gasteiger partial charge in [-0.05, 0) is 30.2 Å². The minimum Gasteiger partial charge on any atom is -0.340 e. The van der Waals surface area contributed by atoms with E-state index in [2.05, 4.69) is 16.2 Å². The Balaban J connectivity index is 2.06. The van der Waals surface area contributed by atoms with Gasteiger partial charge in [-0.1, -0.05) is 43.6 Å². The number of nitro benzene ring substituents is 1. The van der Waals surface area contributed by atoms with Crippen LogP contribution in [0.15, 0.2) is 48.5 Å². The van der Waals surface area contributed by atoms with E-state index in [4.69, 9.17) is 11.6 Å². The van der Waals surface area contributed by atoms with E-state index in [-0.39, 0.29) is 16.5 Å². The van der Waals surface area contributed by atoms with Crippen LogP contribution in [0.25, 0.3) is 0 Å². The predicted molar refractivity (Wildman–Crippen MR) is 106 cm³/mol. The highest BCUT2D eigenvalue weighted by molar-refractivity contribution is 6.32. The molecule has 0 aliphatic heterocycles. The van der Waals surface area contributed by atoms with Crippen molar-refractivity contribution in [2.75, 3.05) is 0 Å². The molecular weight excluding hydrogens is 400 g/mol. The Morgan fingerprint density at radius 2 is 1.62 bits per heavy atom. The van der Waals surface area contributed by atoms with E-state index < -0.39 is 34.4 Å². The monoisotopic (exact) mass is 418 g/mol. The van der Waals surface area contributed by atoms with Gasteiger partial charge in [-0.25, -0.2) is 0 Å². The topological polar surface area (TPSA) is 130 Å². The lowest BCUT2D eigenvalue weighted by molar-refractivity contribution is -0.384. The Morgan fingerprint density at radius 1 is 0.966 bits per heavy atom. The van der Waals surface area contributed by atoms with Crippen molar-refractivity contribution in [3.63, 3.8) is 0 Å². The van der Waals surface area contributed by atoms with Gasteiger partial charge in [0.1, 0.15) is 11.1 Å². The first-order valence-corrected chi connectivity index (χ1v) is 8.98. The van der Waals surface area contributed by atoms with Crippen LogP contribution in [0.1, 0.15) is 34.6 Å². The molecule has 29 heavy (non-hydrogen) atoms. The van der Waals surface area contributed by atoms with Gasteiger partial charge < -0.3 is 5.32 Å². The molecule has 0 aliphatic carbocycles. The Kier molecular flexibility index (Phi) is 7.27. The molecule has 0 bridgehead atoms. The predicted octanol–water partition coefficient (Wildman–Crippen LogP) is 2.46. The zero-order chi connectivity index (χ0) is 21.6. The summed E-state index contributed by atoms with van der Waals surface area (Å²) in [6.45, 7) is 3.40. The third kappa shape index (κ3) is 5.76. The number of carbonyl (C=O) groups excluding carboxylic acids is 3. The van der Waals surface area contributed by atoms with E-state index in [1.807, 2.05) is 0 Å². The molecule has 0 saturated heterocycles. The Bertz CT molecular complexity index is 933. The molecule has 0 heterocycles. The van der Waals surface area contributed by atoms with E-state index in [1.54, 1.807) is 44.2 Å². The number of halogens is 1. The fourth-order valence-corrected chi connectivity index (χ4v) is 2.60. The molecule has 2 rings (SSSR count). The average molecular weight is 419 g/mol. The van der Waals surface area contributed by atoms with Crippen LogP contribution in [0.4, 0.5) is 5.69 Å². The van der Waals surface area contributed by atoms with E-state index in [0.29, 0.717) is 5.56 Å². The highest BCUT2D eigenvalue weighted by atomic mass is 35.5. The van der Waals surface area contributed by atoms with Crippen molar-refractivity contribution in [1.29, 1.82) is 0 Å². The van der Waals surface area contributed by atoms with Gasteiger partial charge in [0.2, 0.25) is 0 Å². The Labute approximate surface area is 171 Å². The zero-order valence-electron chi connectivity index (χ0n) is 15.6. The lowest BCUT2D eigenvalue weighted by Crippen LogP contribution is -2.54. The molecule has 0 aromatic heterocycles. The number of hydrogen-bond acceptors (Lipinski definition) is 5. The molecule has 0 saturated carbocycles. The molecule has 0 aliphatic rings.